The first-order chi connectivity index (χ1) is 7.32. The molecule has 4 heteroatoms. The fourth-order valence-corrected chi connectivity index (χ4v) is 1.24. The van der Waals surface area contributed by atoms with Crippen LogP contribution in [0.5, 0.6) is 0 Å². The number of hydrogen-bond donors (Lipinski definition) is 0. The number of esters is 1. The number of hydrogen-bond acceptors (Lipinski definition) is 4. The normalized spacial score (nSPS) is 11.0. The Balaban J connectivity index is 4.24. The van der Waals surface area contributed by atoms with E-state index in [4.69, 9.17) is 4.74 Å². The molecule has 0 aliphatic carbocycles. The number of rotatable bonds is 7. The Hall–Kier alpha value is -1.19. The van der Waals surface area contributed by atoms with Crippen molar-refractivity contribution < 1.29 is 19.1 Å². The van der Waals surface area contributed by atoms with E-state index in [1.807, 2.05) is 0 Å². The van der Waals surface area contributed by atoms with Gasteiger partial charge in [-0.2, -0.15) is 0 Å². The van der Waals surface area contributed by atoms with Crippen molar-refractivity contribution in [3.8, 4) is 0 Å². The van der Waals surface area contributed by atoms with E-state index in [1.165, 1.54) is 6.92 Å². The van der Waals surface area contributed by atoms with Gasteiger partial charge >= 0.3 is 5.97 Å². The third-order valence-corrected chi connectivity index (χ3v) is 2.42. The van der Waals surface area contributed by atoms with Crippen LogP contribution in [0.3, 0.4) is 0 Å². The second kappa shape index (κ2) is 6.40. The van der Waals surface area contributed by atoms with E-state index in [2.05, 4.69) is 0 Å². The largest absolute Gasteiger partial charge is 0.465 e. The zero-order chi connectivity index (χ0) is 12.8. The zero-order valence-electron chi connectivity index (χ0n) is 10.5. The second-order valence-corrected chi connectivity index (χ2v) is 4.32. The second-order valence-electron chi connectivity index (χ2n) is 4.32. The van der Waals surface area contributed by atoms with Crippen molar-refractivity contribution >= 4 is 17.5 Å². The SMILES string of the molecule is CCOC(=O)C(C)(C)C(=O)CCCC(C)=O. The van der Waals surface area contributed by atoms with Crippen molar-refractivity contribution in [2.24, 2.45) is 5.41 Å². The standard InChI is InChI=1S/C12H20O4/c1-5-16-11(15)12(3,4)10(14)8-6-7-9(2)13/h5-8H2,1-4H3. The summed E-state index contributed by atoms with van der Waals surface area (Å²) in [7, 11) is 0. The van der Waals surface area contributed by atoms with E-state index < -0.39 is 11.4 Å². The molecule has 0 N–H and O–H groups in total. The predicted octanol–water partition coefficient (Wildman–Crippen LogP) is 1.90. The van der Waals surface area contributed by atoms with Crippen molar-refractivity contribution in [1.82, 2.24) is 0 Å². The van der Waals surface area contributed by atoms with Gasteiger partial charge in [0.2, 0.25) is 0 Å². The maximum atomic E-state index is 11.8. The molecule has 0 rings (SSSR count). The summed E-state index contributed by atoms with van der Waals surface area (Å²) in [5.41, 5.74) is -1.10. The van der Waals surface area contributed by atoms with Crippen LogP contribution in [0.15, 0.2) is 0 Å². The van der Waals surface area contributed by atoms with Crippen LogP contribution in [-0.4, -0.2) is 24.1 Å². The lowest BCUT2D eigenvalue weighted by molar-refractivity contribution is -0.157. The van der Waals surface area contributed by atoms with Gasteiger partial charge in [-0.15, -0.1) is 0 Å². The van der Waals surface area contributed by atoms with Crippen molar-refractivity contribution in [2.45, 2.75) is 47.0 Å². The smallest absolute Gasteiger partial charge is 0.319 e. The van der Waals surface area contributed by atoms with Gasteiger partial charge in [0.1, 0.15) is 17.0 Å². The molecule has 0 bridgehead atoms. The molecule has 0 aromatic carbocycles. The number of carbonyl (C=O) groups excluding carboxylic acids is 3. The number of ketones is 2. The number of ether oxygens (including phenoxy) is 1. The van der Waals surface area contributed by atoms with E-state index in [-0.39, 0.29) is 24.6 Å². The third-order valence-electron chi connectivity index (χ3n) is 2.42. The Morgan fingerprint density at radius 1 is 1.12 bits per heavy atom. The Morgan fingerprint density at radius 2 is 1.69 bits per heavy atom. The fourth-order valence-electron chi connectivity index (χ4n) is 1.24. The van der Waals surface area contributed by atoms with Crippen LogP contribution in [0, 0.1) is 5.41 Å². The highest BCUT2D eigenvalue weighted by molar-refractivity contribution is 6.03. The lowest BCUT2D eigenvalue weighted by atomic mass is 9.85. The Morgan fingerprint density at radius 3 is 2.12 bits per heavy atom. The van der Waals surface area contributed by atoms with Gasteiger partial charge in [-0.25, -0.2) is 0 Å². The molecule has 0 fully saturated rings. The summed E-state index contributed by atoms with van der Waals surface area (Å²) >= 11 is 0. The molecule has 4 nitrogen and oxygen atoms in total. The number of carbonyl (C=O) groups is 3. The molecule has 0 aromatic rings. The van der Waals surface area contributed by atoms with Crippen molar-refractivity contribution in [3.05, 3.63) is 0 Å². The molecule has 0 radical (unpaired) electrons. The summed E-state index contributed by atoms with van der Waals surface area (Å²) in [6.07, 6.45) is 1.12. The van der Waals surface area contributed by atoms with Gasteiger partial charge in [-0.05, 0) is 34.1 Å². The minimum atomic E-state index is -1.10. The van der Waals surface area contributed by atoms with Crippen LogP contribution in [0.25, 0.3) is 0 Å². The summed E-state index contributed by atoms with van der Waals surface area (Å²) in [6.45, 7) is 6.57. The Kier molecular flexibility index (Phi) is 5.93. The first-order valence-electron chi connectivity index (χ1n) is 5.52. The molecule has 0 aliphatic rings. The maximum Gasteiger partial charge on any atom is 0.319 e. The monoisotopic (exact) mass is 228 g/mol. The van der Waals surface area contributed by atoms with Crippen molar-refractivity contribution in [2.75, 3.05) is 6.61 Å². The molecule has 0 aliphatic heterocycles. The van der Waals surface area contributed by atoms with Gasteiger partial charge in [-0.3, -0.25) is 9.59 Å². The predicted molar refractivity (Wildman–Crippen MR) is 60.0 cm³/mol. The van der Waals surface area contributed by atoms with E-state index in [9.17, 15) is 14.4 Å². The molecule has 0 saturated heterocycles. The molecule has 16 heavy (non-hydrogen) atoms. The summed E-state index contributed by atoms with van der Waals surface area (Å²) in [6, 6.07) is 0. The molecule has 0 amide bonds. The fraction of sp³-hybridized carbons (Fsp3) is 0.750. The van der Waals surface area contributed by atoms with E-state index in [0.717, 1.165) is 0 Å². The first-order valence-corrected chi connectivity index (χ1v) is 5.52. The highest BCUT2D eigenvalue weighted by Gasteiger charge is 2.36. The summed E-state index contributed by atoms with van der Waals surface area (Å²) in [5.74, 6) is -0.614. The summed E-state index contributed by atoms with van der Waals surface area (Å²) < 4.78 is 4.83. The third kappa shape index (κ3) is 4.55. The summed E-state index contributed by atoms with van der Waals surface area (Å²) in [4.78, 5) is 34.0. The van der Waals surface area contributed by atoms with Crippen molar-refractivity contribution in [3.63, 3.8) is 0 Å². The van der Waals surface area contributed by atoms with Crippen LogP contribution >= 0.6 is 0 Å². The number of Topliss-reactive ketones (excluding diaryl/α,β-unsaturated/α-hetero) is 2. The van der Waals surface area contributed by atoms with Crippen LogP contribution in [0.4, 0.5) is 0 Å². The molecule has 0 heterocycles. The minimum Gasteiger partial charge on any atom is -0.465 e. The quantitative estimate of drug-likeness (QED) is 0.493. The molecular weight excluding hydrogens is 208 g/mol. The molecule has 0 aromatic heterocycles. The minimum absolute atomic E-state index is 0.0572. The van der Waals surface area contributed by atoms with Crippen LogP contribution in [0.2, 0.25) is 0 Å². The molecule has 0 spiro atoms. The van der Waals surface area contributed by atoms with E-state index in [1.54, 1.807) is 20.8 Å². The average molecular weight is 228 g/mol. The molecule has 0 atom stereocenters. The zero-order valence-corrected chi connectivity index (χ0v) is 10.5. The molecular formula is C12H20O4. The molecule has 0 saturated carbocycles. The average Bonchev–Trinajstić information content (AvgIpc) is 2.17. The Labute approximate surface area is 96.4 Å². The van der Waals surface area contributed by atoms with Gasteiger partial charge in [0.05, 0.1) is 6.61 Å². The van der Waals surface area contributed by atoms with Crippen LogP contribution in [0.1, 0.15) is 47.0 Å². The van der Waals surface area contributed by atoms with E-state index >= 15 is 0 Å². The van der Waals surface area contributed by atoms with Gasteiger partial charge in [0, 0.05) is 12.8 Å². The highest BCUT2D eigenvalue weighted by Crippen LogP contribution is 2.21. The lowest BCUT2D eigenvalue weighted by Crippen LogP contribution is -2.35. The lowest BCUT2D eigenvalue weighted by Gasteiger charge is -2.20. The maximum absolute atomic E-state index is 11.8. The van der Waals surface area contributed by atoms with Crippen LogP contribution in [-0.2, 0) is 19.1 Å². The van der Waals surface area contributed by atoms with Gasteiger partial charge in [-0.1, -0.05) is 0 Å². The summed E-state index contributed by atoms with van der Waals surface area (Å²) in [5, 5.41) is 0. The van der Waals surface area contributed by atoms with Gasteiger partial charge in [0.25, 0.3) is 0 Å². The van der Waals surface area contributed by atoms with Gasteiger partial charge in [0.15, 0.2) is 0 Å². The van der Waals surface area contributed by atoms with E-state index in [0.29, 0.717) is 12.8 Å². The van der Waals surface area contributed by atoms with Gasteiger partial charge < -0.3 is 9.53 Å². The highest BCUT2D eigenvalue weighted by atomic mass is 16.5. The Bertz CT molecular complexity index is 279. The van der Waals surface area contributed by atoms with Crippen molar-refractivity contribution in [1.29, 1.82) is 0 Å². The molecule has 92 valence electrons. The van der Waals surface area contributed by atoms with Crippen LogP contribution < -0.4 is 0 Å². The first kappa shape index (κ1) is 14.8. The molecule has 0 unspecified atom stereocenters. The topological polar surface area (TPSA) is 60.4 Å².